The Kier molecular flexibility index (Phi) is 3.81. The number of benzene rings is 1. The Morgan fingerprint density at radius 3 is 2.94 bits per heavy atom. The number of hydrogen-bond acceptors (Lipinski definition) is 3. The van der Waals surface area contributed by atoms with E-state index < -0.39 is 0 Å². The van der Waals surface area contributed by atoms with Crippen LogP contribution in [0.25, 0.3) is 10.9 Å². The monoisotopic (exact) mass is 315 g/mol. The molecule has 0 saturated heterocycles. The van der Waals surface area contributed by atoms with E-state index in [4.69, 9.17) is 17.3 Å². The van der Waals surface area contributed by atoms with Gasteiger partial charge in [-0.3, -0.25) is 9.36 Å². The zero-order valence-electron chi connectivity index (χ0n) is 8.99. The summed E-state index contributed by atoms with van der Waals surface area (Å²) in [5, 5.41) is 0.767. The van der Waals surface area contributed by atoms with E-state index in [0.717, 1.165) is 4.47 Å². The minimum Gasteiger partial charge on any atom is -0.330 e. The number of nitrogens with two attached hydrogens (primary N) is 1. The molecule has 2 N–H and O–H groups in total. The maximum absolute atomic E-state index is 12.1. The highest BCUT2D eigenvalue weighted by molar-refractivity contribution is 9.10. The molecule has 0 fully saturated rings. The maximum atomic E-state index is 12.1. The first kappa shape index (κ1) is 12.5. The van der Waals surface area contributed by atoms with Crippen LogP contribution < -0.4 is 11.3 Å². The fourth-order valence-electron chi connectivity index (χ4n) is 1.61. The summed E-state index contributed by atoms with van der Waals surface area (Å²) in [5.74, 6) is 0. The summed E-state index contributed by atoms with van der Waals surface area (Å²) in [6.45, 7) is 1.01. The minimum atomic E-state index is -0.124. The average molecular weight is 317 g/mol. The van der Waals surface area contributed by atoms with Crippen molar-refractivity contribution in [3.8, 4) is 0 Å². The largest absolute Gasteiger partial charge is 0.330 e. The van der Waals surface area contributed by atoms with E-state index in [1.54, 1.807) is 12.1 Å². The zero-order valence-corrected chi connectivity index (χ0v) is 11.3. The number of nitrogens with zero attached hydrogens (tertiary/aromatic N) is 2. The number of aromatic nitrogens is 2. The third-order valence-corrected chi connectivity index (χ3v) is 3.24. The first-order chi connectivity index (χ1) is 8.13. The quantitative estimate of drug-likeness (QED) is 0.883. The minimum absolute atomic E-state index is 0.124. The van der Waals surface area contributed by atoms with Gasteiger partial charge in [0.15, 0.2) is 0 Å². The molecule has 1 aromatic carbocycles. The summed E-state index contributed by atoms with van der Waals surface area (Å²) in [4.78, 5) is 16.4. The standard InChI is InChI=1S/C11H11BrClN3O/c12-7-2-3-8-9(6-7)15-11(13)16(10(8)17)5-1-4-14/h2-3,6H,1,4-5,14H2. The van der Waals surface area contributed by atoms with E-state index >= 15 is 0 Å². The molecule has 17 heavy (non-hydrogen) atoms. The van der Waals surface area contributed by atoms with Crippen molar-refractivity contribution < 1.29 is 0 Å². The summed E-state index contributed by atoms with van der Waals surface area (Å²) in [7, 11) is 0. The molecule has 4 nitrogen and oxygen atoms in total. The van der Waals surface area contributed by atoms with E-state index in [1.807, 2.05) is 6.07 Å². The predicted octanol–water partition coefficient (Wildman–Crippen LogP) is 2.16. The predicted molar refractivity (Wildman–Crippen MR) is 72.4 cm³/mol. The van der Waals surface area contributed by atoms with Gasteiger partial charge < -0.3 is 5.73 Å². The van der Waals surface area contributed by atoms with Gasteiger partial charge in [0.1, 0.15) is 0 Å². The fourth-order valence-corrected chi connectivity index (χ4v) is 2.21. The van der Waals surface area contributed by atoms with Gasteiger partial charge in [0.25, 0.3) is 5.56 Å². The summed E-state index contributed by atoms with van der Waals surface area (Å²) in [6, 6.07) is 5.33. The first-order valence-corrected chi connectivity index (χ1v) is 6.36. The first-order valence-electron chi connectivity index (χ1n) is 5.19. The zero-order chi connectivity index (χ0) is 12.4. The Bertz CT molecular complexity index is 611. The lowest BCUT2D eigenvalue weighted by Crippen LogP contribution is -2.23. The molecule has 0 saturated carbocycles. The summed E-state index contributed by atoms with van der Waals surface area (Å²) in [6.07, 6.45) is 0.698. The lowest BCUT2D eigenvalue weighted by molar-refractivity contribution is 0.625. The van der Waals surface area contributed by atoms with Crippen LogP contribution in [0.1, 0.15) is 6.42 Å². The van der Waals surface area contributed by atoms with Crippen LogP contribution in [0.2, 0.25) is 5.28 Å². The molecule has 1 heterocycles. The Morgan fingerprint density at radius 2 is 2.24 bits per heavy atom. The van der Waals surface area contributed by atoms with Gasteiger partial charge in [-0.15, -0.1) is 0 Å². The molecule has 2 rings (SSSR count). The van der Waals surface area contributed by atoms with E-state index in [9.17, 15) is 4.79 Å². The topological polar surface area (TPSA) is 60.9 Å². The van der Waals surface area contributed by atoms with Crippen molar-refractivity contribution in [1.29, 1.82) is 0 Å². The van der Waals surface area contributed by atoms with Crippen LogP contribution in [-0.4, -0.2) is 16.1 Å². The molecule has 0 spiro atoms. The van der Waals surface area contributed by atoms with Crippen LogP contribution in [0.5, 0.6) is 0 Å². The number of rotatable bonds is 3. The molecule has 0 aliphatic heterocycles. The van der Waals surface area contributed by atoms with Gasteiger partial charge in [-0.1, -0.05) is 15.9 Å². The van der Waals surface area contributed by atoms with Crippen LogP contribution in [0.15, 0.2) is 27.5 Å². The Labute approximate surface area is 112 Å². The molecule has 0 aliphatic rings. The van der Waals surface area contributed by atoms with Crippen molar-refractivity contribution in [2.75, 3.05) is 6.54 Å². The normalized spacial score (nSPS) is 11.0. The van der Waals surface area contributed by atoms with Crippen molar-refractivity contribution in [3.63, 3.8) is 0 Å². The highest BCUT2D eigenvalue weighted by atomic mass is 79.9. The van der Waals surface area contributed by atoms with Gasteiger partial charge in [0.05, 0.1) is 10.9 Å². The van der Waals surface area contributed by atoms with Gasteiger partial charge >= 0.3 is 0 Å². The van der Waals surface area contributed by atoms with E-state index in [1.165, 1.54) is 4.57 Å². The molecule has 0 bridgehead atoms. The SMILES string of the molecule is NCCCn1c(Cl)nc2cc(Br)ccc2c1=O. The molecule has 0 amide bonds. The Hall–Kier alpha value is -0.910. The second-order valence-corrected chi connectivity index (χ2v) is 4.90. The van der Waals surface area contributed by atoms with Crippen LogP contribution in [0.3, 0.4) is 0 Å². The molecule has 0 aliphatic carbocycles. The smallest absolute Gasteiger partial charge is 0.262 e. The second kappa shape index (κ2) is 5.16. The molecule has 6 heteroatoms. The molecule has 0 radical (unpaired) electrons. The van der Waals surface area contributed by atoms with Crippen LogP contribution in [0.4, 0.5) is 0 Å². The van der Waals surface area contributed by atoms with Crippen molar-refractivity contribution >= 4 is 38.4 Å². The van der Waals surface area contributed by atoms with Crippen molar-refractivity contribution in [2.45, 2.75) is 13.0 Å². The Balaban J connectivity index is 2.63. The number of halogens is 2. The fraction of sp³-hybridized carbons (Fsp3) is 0.273. The van der Waals surface area contributed by atoms with Gasteiger partial charge in [-0.25, -0.2) is 4.98 Å². The summed E-state index contributed by atoms with van der Waals surface area (Å²) in [5.41, 5.74) is 5.90. The average Bonchev–Trinajstić information content (AvgIpc) is 2.28. The molecule has 2 aromatic rings. The van der Waals surface area contributed by atoms with Crippen molar-refractivity contribution in [3.05, 3.63) is 38.3 Å². The molecule has 1 aromatic heterocycles. The third kappa shape index (κ3) is 2.51. The maximum Gasteiger partial charge on any atom is 0.262 e. The lowest BCUT2D eigenvalue weighted by atomic mass is 10.2. The van der Waals surface area contributed by atoms with Crippen LogP contribution >= 0.6 is 27.5 Å². The molecule has 0 unspecified atom stereocenters. The Morgan fingerprint density at radius 1 is 1.47 bits per heavy atom. The van der Waals surface area contributed by atoms with Crippen LogP contribution in [-0.2, 0) is 6.54 Å². The van der Waals surface area contributed by atoms with Crippen molar-refractivity contribution in [1.82, 2.24) is 9.55 Å². The van der Waals surface area contributed by atoms with Gasteiger partial charge in [-0.2, -0.15) is 0 Å². The number of fused-ring (bicyclic) bond motifs is 1. The molecule has 0 atom stereocenters. The highest BCUT2D eigenvalue weighted by Gasteiger charge is 2.08. The third-order valence-electron chi connectivity index (χ3n) is 2.46. The van der Waals surface area contributed by atoms with Gasteiger partial charge in [0.2, 0.25) is 5.28 Å². The molecular formula is C11H11BrClN3O. The summed E-state index contributed by atoms with van der Waals surface area (Å²) < 4.78 is 2.32. The summed E-state index contributed by atoms with van der Waals surface area (Å²) >= 11 is 9.33. The highest BCUT2D eigenvalue weighted by Crippen LogP contribution is 2.17. The van der Waals surface area contributed by atoms with E-state index in [2.05, 4.69) is 20.9 Å². The molecular weight excluding hydrogens is 305 g/mol. The number of hydrogen-bond donors (Lipinski definition) is 1. The lowest BCUT2D eigenvalue weighted by Gasteiger charge is -2.08. The van der Waals surface area contributed by atoms with Crippen LogP contribution in [0, 0.1) is 0 Å². The second-order valence-electron chi connectivity index (χ2n) is 3.64. The van der Waals surface area contributed by atoms with Crippen molar-refractivity contribution in [2.24, 2.45) is 5.73 Å². The van der Waals surface area contributed by atoms with Gasteiger partial charge in [-0.05, 0) is 42.8 Å². The molecule has 90 valence electrons. The van der Waals surface area contributed by atoms with E-state index in [-0.39, 0.29) is 10.8 Å². The van der Waals surface area contributed by atoms with E-state index in [0.29, 0.717) is 30.4 Å². The van der Waals surface area contributed by atoms with Gasteiger partial charge in [0, 0.05) is 11.0 Å².